The van der Waals surface area contributed by atoms with Crippen molar-refractivity contribution in [3.8, 4) is 5.88 Å². The van der Waals surface area contributed by atoms with Gasteiger partial charge in [-0.05, 0) is 12.5 Å². The molecule has 0 saturated carbocycles. The van der Waals surface area contributed by atoms with Crippen molar-refractivity contribution in [1.29, 1.82) is 0 Å². The zero-order valence-corrected chi connectivity index (χ0v) is 11.9. The smallest absolute Gasteiger partial charge is 0.255 e. The molecule has 2 saturated heterocycles. The van der Waals surface area contributed by atoms with E-state index in [2.05, 4.69) is 4.98 Å². The highest BCUT2D eigenvalue weighted by atomic mass is 16.5. The first-order valence-electron chi connectivity index (χ1n) is 7.40. The molecular formula is C15H20N2O4. The van der Waals surface area contributed by atoms with Crippen LogP contribution in [-0.4, -0.2) is 59.4 Å². The predicted octanol–water partition coefficient (Wildman–Crippen LogP) is 0.846. The molecule has 6 nitrogen and oxygen atoms in total. The number of pyridine rings is 1. The molecule has 1 amide bonds. The number of ether oxygens (including phenoxy) is 2. The third kappa shape index (κ3) is 3.51. The third-order valence-electron chi connectivity index (χ3n) is 3.89. The van der Waals surface area contributed by atoms with Gasteiger partial charge >= 0.3 is 0 Å². The normalized spacial score (nSPS) is 23.3. The summed E-state index contributed by atoms with van der Waals surface area (Å²) in [4.78, 5) is 18.1. The van der Waals surface area contributed by atoms with Crippen LogP contribution in [0, 0.1) is 0 Å². The number of carbonyl (C=O) groups is 1. The minimum Gasteiger partial charge on any atom is -0.474 e. The first-order valence-corrected chi connectivity index (χ1v) is 7.40. The van der Waals surface area contributed by atoms with Gasteiger partial charge in [-0.3, -0.25) is 4.79 Å². The number of aromatic nitrogens is 1. The zero-order valence-electron chi connectivity index (χ0n) is 11.9. The highest BCUT2D eigenvalue weighted by Gasteiger charge is 2.25. The van der Waals surface area contributed by atoms with Crippen molar-refractivity contribution in [3.05, 3.63) is 23.9 Å². The molecular weight excluding hydrogens is 272 g/mol. The molecule has 114 valence electrons. The number of amides is 1. The Bertz CT molecular complexity index is 485. The van der Waals surface area contributed by atoms with Crippen molar-refractivity contribution in [2.45, 2.75) is 31.5 Å². The van der Waals surface area contributed by atoms with Gasteiger partial charge < -0.3 is 19.5 Å². The molecule has 2 aliphatic rings. The number of carbonyl (C=O) groups excluding carboxylic acids is 1. The molecule has 0 radical (unpaired) electrons. The molecule has 3 rings (SSSR count). The number of hydrogen-bond donors (Lipinski definition) is 1. The summed E-state index contributed by atoms with van der Waals surface area (Å²) >= 11 is 0. The summed E-state index contributed by atoms with van der Waals surface area (Å²) in [5, 5.41) is 9.48. The van der Waals surface area contributed by atoms with Crippen molar-refractivity contribution < 1.29 is 19.4 Å². The maximum absolute atomic E-state index is 12.2. The van der Waals surface area contributed by atoms with Crippen LogP contribution in [0.5, 0.6) is 5.88 Å². The monoisotopic (exact) mass is 292 g/mol. The minimum atomic E-state index is -0.405. The molecule has 2 aliphatic heterocycles. The lowest BCUT2D eigenvalue weighted by atomic mass is 10.1. The Labute approximate surface area is 123 Å². The quantitative estimate of drug-likeness (QED) is 0.894. The SMILES string of the molecule is O=C(c1ccc(OC2CCOCC2)nc1)N1CCC(O)C1. The molecule has 1 aromatic heterocycles. The van der Waals surface area contributed by atoms with Gasteiger partial charge in [0.1, 0.15) is 6.10 Å². The van der Waals surface area contributed by atoms with E-state index in [1.54, 1.807) is 23.2 Å². The van der Waals surface area contributed by atoms with Crippen molar-refractivity contribution in [3.63, 3.8) is 0 Å². The minimum absolute atomic E-state index is 0.0864. The van der Waals surface area contributed by atoms with Crippen molar-refractivity contribution >= 4 is 5.91 Å². The fraction of sp³-hybridized carbons (Fsp3) is 0.600. The van der Waals surface area contributed by atoms with Crippen LogP contribution in [0.25, 0.3) is 0 Å². The molecule has 1 unspecified atom stereocenters. The number of aliphatic hydroxyl groups is 1. The van der Waals surface area contributed by atoms with E-state index in [9.17, 15) is 9.90 Å². The van der Waals surface area contributed by atoms with E-state index in [0.717, 1.165) is 26.1 Å². The van der Waals surface area contributed by atoms with Gasteiger partial charge in [0.05, 0.1) is 24.9 Å². The van der Waals surface area contributed by atoms with Crippen molar-refractivity contribution in [1.82, 2.24) is 9.88 Å². The Morgan fingerprint density at radius 1 is 1.33 bits per heavy atom. The van der Waals surface area contributed by atoms with Gasteiger partial charge in [0.15, 0.2) is 0 Å². The lowest BCUT2D eigenvalue weighted by Crippen LogP contribution is -2.29. The Balaban J connectivity index is 1.59. The van der Waals surface area contributed by atoms with E-state index in [1.807, 2.05) is 0 Å². The Morgan fingerprint density at radius 2 is 2.14 bits per heavy atom. The van der Waals surface area contributed by atoms with E-state index < -0.39 is 6.10 Å². The lowest BCUT2D eigenvalue weighted by Gasteiger charge is -2.22. The van der Waals surface area contributed by atoms with Crippen LogP contribution in [0.15, 0.2) is 18.3 Å². The second-order valence-electron chi connectivity index (χ2n) is 5.51. The van der Waals surface area contributed by atoms with Gasteiger partial charge in [0, 0.05) is 38.2 Å². The van der Waals surface area contributed by atoms with E-state index in [0.29, 0.717) is 31.0 Å². The molecule has 0 aliphatic carbocycles. The van der Waals surface area contributed by atoms with E-state index in [1.165, 1.54) is 0 Å². The van der Waals surface area contributed by atoms with Crippen molar-refractivity contribution in [2.75, 3.05) is 26.3 Å². The molecule has 1 aromatic rings. The topological polar surface area (TPSA) is 71.9 Å². The van der Waals surface area contributed by atoms with Crippen LogP contribution < -0.4 is 4.74 Å². The number of hydrogen-bond acceptors (Lipinski definition) is 5. The molecule has 6 heteroatoms. The summed E-state index contributed by atoms with van der Waals surface area (Å²) in [6.07, 6.45) is 3.66. The number of nitrogens with zero attached hydrogens (tertiary/aromatic N) is 2. The molecule has 1 atom stereocenters. The van der Waals surface area contributed by atoms with Gasteiger partial charge in [0.2, 0.25) is 5.88 Å². The first kappa shape index (κ1) is 14.3. The zero-order chi connectivity index (χ0) is 14.7. The van der Waals surface area contributed by atoms with Crippen LogP contribution in [-0.2, 0) is 4.74 Å². The molecule has 0 spiro atoms. The molecule has 1 N–H and O–H groups in total. The van der Waals surface area contributed by atoms with Crippen molar-refractivity contribution in [2.24, 2.45) is 0 Å². The first-order chi connectivity index (χ1) is 10.2. The van der Waals surface area contributed by atoms with Crippen LogP contribution in [0.1, 0.15) is 29.6 Å². The number of β-amino-alcohol motifs (C(OH)–C–C–N with tert-alkyl or cyclic N) is 1. The van der Waals surface area contributed by atoms with E-state index in [-0.39, 0.29) is 12.0 Å². The second kappa shape index (κ2) is 6.41. The number of aliphatic hydroxyl groups excluding tert-OH is 1. The van der Waals surface area contributed by atoms with Gasteiger partial charge in [-0.25, -0.2) is 4.98 Å². The fourth-order valence-corrected chi connectivity index (χ4v) is 2.65. The largest absolute Gasteiger partial charge is 0.474 e. The average Bonchev–Trinajstić information content (AvgIpc) is 2.95. The maximum Gasteiger partial charge on any atom is 0.255 e. The Morgan fingerprint density at radius 3 is 2.76 bits per heavy atom. The molecule has 0 bridgehead atoms. The summed E-state index contributed by atoms with van der Waals surface area (Å²) in [7, 11) is 0. The average molecular weight is 292 g/mol. The van der Waals surface area contributed by atoms with Gasteiger partial charge in [-0.15, -0.1) is 0 Å². The van der Waals surface area contributed by atoms with E-state index in [4.69, 9.17) is 9.47 Å². The van der Waals surface area contributed by atoms with Gasteiger partial charge in [0.25, 0.3) is 5.91 Å². The molecule has 3 heterocycles. The summed E-state index contributed by atoms with van der Waals surface area (Å²) in [5.74, 6) is 0.455. The highest BCUT2D eigenvalue weighted by Crippen LogP contribution is 2.18. The summed E-state index contributed by atoms with van der Waals surface area (Å²) < 4.78 is 11.1. The Kier molecular flexibility index (Phi) is 4.36. The number of likely N-dealkylation sites (tertiary alicyclic amines) is 1. The summed E-state index contributed by atoms with van der Waals surface area (Å²) in [6.45, 7) is 2.44. The predicted molar refractivity (Wildman–Crippen MR) is 75.2 cm³/mol. The molecule has 0 aromatic carbocycles. The fourth-order valence-electron chi connectivity index (χ4n) is 2.65. The Hall–Kier alpha value is -1.66. The maximum atomic E-state index is 12.2. The van der Waals surface area contributed by atoms with Crippen LogP contribution in [0.2, 0.25) is 0 Å². The molecule has 2 fully saturated rings. The van der Waals surface area contributed by atoms with E-state index >= 15 is 0 Å². The molecule has 21 heavy (non-hydrogen) atoms. The van der Waals surface area contributed by atoms with Gasteiger partial charge in [-0.1, -0.05) is 0 Å². The highest BCUT2D eigenvalue weighted by molar-refractivity contribution is 5.94. The standard InChI is InChI=1S/C15H20N2O4/c18-12-3-6-17(10-12)15(19)11-1-2-14(16-9-11)21-13-4-7-20-8-5-13/h1-2,9,12-13,18H,3-8,10H2. The summed E-state index contributed by atoms with van der Waals surface area (Å²) in [6, 6.07) is 3.46. The lowest BCUT2D eigenvalue weighted by molar-refractivity contribution is 0.0237. The summed E-state index contributed by atoms with van der Waals surface area (Å²) in [5.41, 5.74) is 0.531. The van der Waals surface area contributed by atoms with Gasteiger partial charge in [-0.2, -0.15) is 0 Å². The third-order valence-corrected chi connectivity index (χ3v) is 3.89. The van der Waals surface area contributed by atoms with Crippen LogP contribution in [0.3, 0.4) is 0 Å². The second-order valence-corrected chi connectivity index (χ2v) is 5.51. The van der Waals surface area contributed by atoms with Crippen LogP contribution >= 0.6 is 0 Å². The van der Waals surface area contributed by atoms with Crippen LogP contribution in [0.4, 0.5) is 0 Å². The number of rotatable bonds is 3.